The van der Waals surface area contributed by atoms with Gasteiger partial charge in [0.25, 0.3) is 0 Å². The van der Waals surface area contributed by atoms with E-state index in [9.17, 15) is 9.90 Å². The summed E-state index contributed by atoms with van der Waals surface area (Å²) in [7, 11) is 3.02. The first kappa shape index (κ1) is 22.1. The average molecular weight is 360 g/mol. The van der Waals surface area contributed by atoms with Crippen LogP contribution >= 0.6 is 0 Å². The van der Waals surface area contributed by atoms with E-state index in [1.165, 1.54) is 20.3 Å². The van der Waals surface area contributed by atoms with Crippen molar-refractivity contribution < 1.29 is 34.0 Å². The van der Waals surface area contributed by atoms with Crippen LogP contribution in [0.4, 0.5) is 0 Å². The SMILES string of the molecule is CO[C@]1(C)O[C@@H](/C=C/C(=O)O)[C@H](CCCCC[C@@H](C)O)O[C@@]1(C)OC. The molecule has 1 rings (SSSR count). The van der Waals surface area contributed by atoms with Gasteiger partial charge < -0.3 is 29.2 Å². The van der Waals surface area contributed by atoms with Crippen molar-refractivity contribution in [3.8, 4) is 0 Å². The van der Waals surface area contributed by atoms with Gasteiger partial charge in [0.15, 0.2) is 0 Å². The molecule has 0 saturated carbocycles. The van der Waals surface area contributed by atoms with Crippen molar-refractivity contribution in [3.63, 3.8) is 0 Å². The summed E-state index contributed by atoms with van der Waals surface area (Å²) >= 11 is 0. The summed E-state index contributed by atoms with van der Waals surface area (Å²) < 4.78 is 23.1. The number of ether oxygens (including phenoxy) is 4. The van der Waals surface area contributed by atoms with E-state index in [0.29, 0.717) is 6.42 Å². The Bertz CT molecular complexity index is 451. The zero-order valence-corrected chi connectivity index (χ0v) is 15.9. The molecule has 1 aliphatic rings. The number of aliphatic hydroxyl groups is 1. The summed E-state index contributed by atoms with van der Waals surface area (Å²) in [6.07, 6.45) is 5.55. The number of carbonyl (C=O) groups is 1. The fraction of sp³-hybridized carbons (Fsp3) is 0.833. The van der Waals surface area contributed by atoms with Gasteiger partial charge in [0.1, 0.15) is 6.10 Å². The van der Waals surface area contributed by atoms with Crippen LogP contribution in [0, 0.1) is 0 Å². The van der Waals surface area contributed by atoms with E-state index in [4.69, 9.17) is 24.1 Å². The van der Waals surface area contributed by atoms with E-state index in [1.807, 2.05) is 0 Å². The summed E-state index contributed by atoms with van der Waals surface area (Å²) in [4.78, 5) is 10.9. The lowest BCUT2D eigenvalue weighted by atomic mass is 9.98. The first-order valence-corrected chi connectivity index (χ1v) is 8.72. The Kier molecular flexibility index (Phi) is 8.50. The summed E-state index contributed by atoms with van der Waals surface area (Å²) in [5, 5.41) is 18.2. The fourth-order valence-corrected chi connectivity index (χ4v) is 2.90. The molecular formula is C18H32O7. The Labute approximate surface area is 149 Å². The normalized spacial score (nSPS) is 34.3. The molecule has 7 heteroatoms. The van der Waals surface area contributed by atoms with E-state index >= 15 is 0 Å². The van der Waals surface area contributed by atoms with Crippen molar-refractivity contribution in [2.75, 3.05) is 14.2 Å². The van der Waals surface area contributed by atoms with E-state index in [1.54, 1.807) is 20.8 Å². The third-order valence-electron chi connectivity index (χ3n) is 4.75. The smallest absolute Gasteiger partial charge is 0.328 e. The second kappa shape index (κ2) is 9.64. The molecule has 1 fully saturated rings. The molecule has 7 nitrogen and oxygen atoms in total. The Morgan fingerprint density at radius 2 is 1.76 bits per heavy atom. The third kappa shape index (κ3) is 6.04. The van der Waals surface area contributed by atoms with Crippen LogP contribution < -0.4 is 0 Å². The van der Waals surface area contributed by atoms with Gasteiger partial charge >= 0.3 is 5.97 Å². The molecule has 1 heterocycles. The first-order valence-electron chi connectivity index (χ1n) is 8.72. The molecule has 0 unspecified atom stereocenters. The van der Waals surface area contributed by atoms with Crippen molar-refractivity contribution in [2.45, 2.75) is 82.8 Å². The molecule has 1 saturated heterocycles. The monoisotopic (exact) mass is 360 g/mol. The highest BCUT2D eigenvalue weighted by atomic mass is 16.8. The molecule has 0 radical (unpaired) electrons. The van der Waals surface area contributed by atoms with Crippen LogP contribution in [-0.4, -0.2) is 60.3 Å². The first-order chi connectivity index (χ1) is 11.7. The third-order valence-corrected chi connectivity index (χ3v) is 4.75. The summed E-state index contributed by atoms with van der Waals surface area (Å²) in [5.74, 6) is -3.32. The van der Waals surface area contributed by atoms with Crippen LogP contribution in [0.25, 0.3) is 0 Å². The summed E-state index contributed by atoms with van der Waals surface area (Å²) in [5.41, 5.74) is 0. The predicted octanol–water partition coefficient (Wildman–Crippen LogP) is 2.47. The van der Waals surface area contributed by atoms with Crippen molar-refractivity contribution in [1.29, 1.82) is 0 Å². The predicted molar refractivity (Wildman–Crippen MR) is 92.1 cm³/mol. The number of aliphatic carboxylic acids is 1. The number of hydrogen-bond acceptors (Lipinski definition) is 6. The van der Waals surface area contributed by atoms with Gasteiger partial charge in [0.05, 0.1) is 12.2 Å². The number of hydrogen-bond donors (Lipinski definition) is 2. The zero-order chi connectivity index (χ0) is 19.1. The molecule has 0 aromatic rings. The largest absolute Gasteiger partial charge is 0.478 e. The fourth-order valence-electron chi connectivity index (χ4n) is 2.90. The lowest BCUT2D eigenvalue weighted by molar-refractivity contribution is -0.442. The molecule has 1 aliphatic heterocycles. The molecular weight excluding hydrogens is 328 g/mol. The molecule has 0 spiro atoms. The average Bonchev–Trinajstić information content (AvgIpc) is 2.55. The zero-order valence-electron chi connectivity index (χ0n) is 15.9. The molecule has 146 valence electrons. The highest BCUT2D eigenvalue weighted by Gasteiger charge is 2.55. The van der Waals surface area contributed by atoms with Crippen molar-refractivity contribution in [1.82, 2.24) is 0 Å². The maximum atomic E-state index is 10.9. The quantitative estimate of drug-likeness (QED) is 0.456. The molecule has 0 bridgehead atoms. The van der Waals surface area contributed by atoms with E-state index in [-0.39, 0.29) is 12.2 Å². The minimum atomic E-state index is -1.17. The van der Waals surface area contributed by atoms with Crippen molar-refractivity contribution >= 4 is 5.97 Å². The van der Waals surface area contributed by atoms with Gasteiger partial charge in [-0.3, -0.25) is 0 Å². The van der Waals surface area contributed by atoms with E-state index in [0.717, 1.165) is 31.8 Å². The number of carboxylic acid groups (broad SMARTS) is 1. The van der Waals surface area contributed by atoms with Crippen LogP contribution in [0.5, 0.6) is 0 Å². The van der Waals surface area contributed by atoms with Crippen LogP contribution in [0.15, 0.2) is 12.2 Å². The van der Waals surface area contributed by atoms with Crippen molar-refractivity contribution in [2.24, 2.45) is 0 Å². The molecule has 5 atom stereocenters. The summed E-state index contributed by atoms with van der Waals surface area (Å²) in [6, 6.07) is 0. The maximum Gasteiger partial charge on any atom is 0.328 e. The molecule has 2 N–H and O–H groups in total. The van der Waals surface area contributed by atoms with Crippen LogP contribution in [0.3, 0.4) is 0 Å². The second-order valence-electron chi connectivity index (χ2n) is 6.72. The Morgan fingerprint density at radius 1 is 1.16 bits per heavy atom. The lowest BCUT2D eigenvalue weighted by Gasteiger charge is -2.51. The van der Waals surface area contributed by atoms with Gasteiger partial charge in [-0.2, -0.15) is 0 Å². The lowest BCUT2D eigenvalue weighted by Crippen LogP contribution is -2.64. The molecule has 0 amide bonds. The molecule has 25 heavy (non-hydrogen) atoms. The van der Waals surface area contributed by atoms with Crippen LogP contribution in [0.1, 0.15) is 52.9 Å². The Hall–Kier alpha value is -0.990. The minimum Gasteiger partial charge on any atom is -0.478 e. The Morgan fingerprint density at radius 3 is 2.28 bits per heavy atom. The number of methoxy groups -OCH3 is 2. The topological polar surface area (TPSA) is 94.5 Å². The highest BCUT2D eigenvalue weighted by molar-refractivity contribution is 5.79. The second-order valence-corrected chi connectivity index (χ2v) is 6.72. The van der Waals surface area contributed by atoms with Gasteiger partial charge in [0.2, 0.25) is 11.6 Å². The number of carboxylic acids is 1. The van der Waals surface area contributed by atoms with Gasteiger partial charge in [-0.1, -0.05) is 19.3 Å². The van der Waals surface area contributed by atoms with Gasteiger partial charge in [-0.25, -0.2) is 4.79 Å². The molecule has 0 aromatic carbocycles. The number of rotatable bonds is 10. The van der Waals surface area contributed by atoms with Gasteiger partial charge in [-0.05, 0) is 39.7 Å². The van der Waals surface area contributed by atoms with Gasteiger partial charge in [0, 0.05) is 20.3 Å². The van der Waals surface area contributed by atoms with Crippen LogP contribution in [0.2, 0.25) is 0 Å². The van der Waals surface area contributed by atoms with Crippen LogP contribution in [-0.2, 0) is 23.7 Å². The Balaban J connectivity index is 2.80. The summed E-state index contributed by atoms with van der Waals surface area (Å²) in [6.45, 7) is 5.23. The van der Waals surface area contributed by atoms with E-state index < -0.39 is 23.6 Å². The molecule has 0 aromatic heterocycles. The highest BCUT2D eigenvalue weighted by Crippen LogP contribution is 2.40. The van der Waals surface area contributed by atoms with E-state index in [2.05, 4.69) is 0 Å². The molecule has 0 aliphatic carbocycles. The van der Waals surface area contributed by atoms with Gasteiger partial charge in [-0.15, -0.1) is 0 Å². The standard InChI is InChI=1S/C18H32O7/c1-13(19)9-7-6-8-10-14-15(11-12-16(20)21)25-18(3,23-5)17(2,22-4)24-14/h11-15,19H,6-10H2,1-5H3,(H,20,21)/b12-11+/t13-,14+,15+,17-,18-/m1/s1. The number of unbranched alkanes of at least 4 members (excludes halogenated alkanes) is 2. The van der Waals surface area contributed by atoms with Crippen molar-refractivity contribution in [3.05, 3.63) is 12.2 Å². The maximum absolute atomic E-state index is 10.9. The number of aliphatic hydroxyl groups excluding tert-OH is 1. The minimum absolute atomic E-state index is 0.292.